The second-order valence-electron chi connectivity index (χ2n) is 1.26. The van der Waals surface area contributed by atoms with Crippen LogP contribution in [0.4, 0.5) is 4.39 Å². The molecule has 1 N–H and O–H groups in total. The lowest BCUT2D eigenvalue weighted by Gasteiger charge is -2.00. The van der Waals surface area contributed by atoms with Gasteiger partial charge in [0.25, 0.3) is 0 Å². The Morgan fingerprint density at radius 1 is 1.86 bits per heavy atom. The molecule has 2 nitrogen and oxygen atoms in total. The maximum absolute atomic E-state index is 11.2. The lowest BCUT2D eigenvalue weighted by atomic mass is 10.4. The fourth-order valence-electron chi connectivity index (χ4n) is 0.237. The van der Waals surface area contributed by atoms with Crippen molar-refractivity contribution in [1.29, 1.82) is 0 Å². The van der Waals surface area contributed by atoms with E-state index >= 15 is 0 Å². The van der Waals surface area contributed by atoms with E-state index in [1.807, 2.05) is 0 Å². The minimum absolute atomic E-state index is 0.0799. The van der Waals surface area contributed by atoms with Gasteiger partial charge >= 0.3 is 0 Å². The summed E-state index contributed by atoms with van der Waals surface area (Å²) in [4.78, 5) is 0. The molecule has 0 aromatic carbocycles. The van der Waals surface area contributed by atoms with Crippen molar-refractivity contribution >= 4 is 0 Å². The summed E-state index contributed by atoms with van der Waals surface area (Å²) in [6.07, 6.45) is -0.940. The molecule has 0 aliphatic carbocycles. The van der Waals surface area contributed by atoms with Gasteiger partial charge in [-0.15, -0.1) is 0 Å². The molecule has 0 rings (SSSR count). The second-order valence-corrected chi connectivity index (χ2v) is 1.26. The van der Waals surface area contributed by atoms with Crippen molar-refractivity contribution in [2.24, 2.45) is 0 Å². The number of halogens is 1. The van der Waals surface area contributed by atoms with Crippen LogP contribution >= 0.6 is 0 Å². The Bertz CT molecular complexity index is 40.7. The van der Waals surface area contributed by atoms with E-state index in [0.717, 1.165) is 0 Å². The van der Waals surface area contributed by atoms with E-state index in [1.165, 1.54) is 7.11 Å². The average molecular weight is 107 g/mol. The van der Waals surface area contributed by atoms with Gasteiger partial charge in [0.15, 0.2) is 0 Å². The van der Waals surface area contributed by atoms with Gasteiger partial charge in [-0.3, -0.25) is 0 Å². The first-order chi connectivity index (χ1) is 3.31. The summed E-state index contributed by atoms with van der Waals surface area (Å²) >= 11 is 0. The molecule has 0 saturated carbocycles. The molecule has 0 radical (unpaired) electrons. The minimum Gasteiger partial charge on any atom is -0.388 e. The van der Waals surface area contributed by atoms with E-state index in [-0.39, 0.29) is 6.61 Å². The van der Waals surface area contributed by atoms with E-state index in [2.05, 4.69) is 4.74 Å². The highest BCUT2D eigenvalue weighted by atomic mass is 18.2. The summed E-state index contributed by atoms with van der Waals surface area (Å²) in [6.45, 7) is -0.648. The Balaban J connectivity index is 2.83. The molecule has 0 saturated heterocycles. The van der Waals surface area contributed by atoms with Crippen LogP contribution in [-0.4, -0.2) is 31.6 Å². The number of alkyl halides is 1. The van der Waals surface area contributed by atoms with Crippen molar-refractivity contribution in [2.45, 2.75) is 6.10 Å². The molecule has 0 spiro atoms. The van der Waals surface area contributed by atoms with Crippen molar-refractivity contribution in [2.75, 3.05) is 20.4 Å². The normalized spacial score (nSPS) is 14.1. The fraction of sp³-hybridized carbons (Fsp3) is 1.00. The number of ether oxygens (including phenoxy) is 1. The summed E-state index contributed by atoms with van der Waals surface area (Å²) in [5.41, 5.74) is 0. The van der Waals surface area contributed by atoms with Crippen LogP contribution in [0, 0.1) is 0 Å². The molecule has 0 aromatic rings. The quantitative estimate of drug-likeness (QED) is 0.548. The van der Waals surface area contributed by atoms with Crippen molar-refractivity contribution in [3.8, 4) is 0 Å². The van der Waals surface area contributed by atoms with Crippen LogP contribution in [0.2, 0.25) is 0 Å². The first-order valence-corrected chi connectivity index (χ1v) is 2.04. The zero-order valence-electron chi connectivity index (χ0n) is 4.22. The highest BCUT2D eigenvalue weighted by molar-refractivity contribution is 4.46. The largest absolute Gasteiger partial charge is 0.388 e. The Kier molecular flexibility index (Phi) is 3.93. The average Bonchev–Trinajstić information content (AvgIpc) is 1.68. The molecule has 0 unspecified atom stereocenters. The van der Waals surface area contributed by atoms with Crippen LogP contribution in [-0.2, 0) is 4.74 Å². The van der Waals surface area contributed by atoms with Crippen molar-refractivity contribution in [1.82, 2.24) is 0 Å². The van der Waals surface area contributed by atoms with Crippen LogP contribution in [0.1, 0.15) is 0 Å². The van der Waals surface area contributed by atoms with Crippen LogP contribution in [0.3, 0.4) is 0 Å². The third-order valence-electron chi connectivity index (χ3n) is 0.537. The number of aliphatic hydroxyl groups excluding tert-OH is 1. The van der Waals surface area contributed by atoms with E-state index < -0.39 is 12.8 Å². The van der Waals surface area contributed by atoms with Gasteiger partial charge < -0.3 is 9.84 Å². The molecule has 0 amide bonds. The van der Waals surface area contributed by atoms with E-state index in [1.54, 1.807) is 0 Å². The molecule has 0 heterocycles. The maximum Gasteiger partial charge on any atom is 0.118 e. The molecule has 44 valence electrons. The van der Waals surface area contributed by atoms with Gasteiger partial charge in [0.05, 0.1) is 6.61 Å². The van der Waals surface area contributed by atoms with E-state index in [4.69, 9.17) is 5.11 Å². The first-order valence-electron chi connectivity index (χ1n) is 2.04. The molecule has 0 aromatic heterocycles. The Morgan fingerprint density at radius 2 is 2.43 bits per heavy atom. The predicted molar refractivity (Wildman–Crippen MR) is 23.9 cm³/mol. The number of aliphatic hydroxyl groups is 1. The summed E-state index contributed by atoms with van der Waals surface area (Å²) in [5.74, 6) is 0. The van der Waals surface area contributed by atoms with Gasteiger partial charge in [0.1, 0.15) is 12.8 Å². The van der Waals surface area contributed by atoms with Crippen molar-refractivity contribution < 1.29 is 14.2 Å². The zero-order chi connectivity index (χ0) is 5.70. The fourth-order valence-corrected chi connectivity index (χ4v) is 0.237. The summed E-state index contributed by atoms with van der Waals surface area (Å²) in [6, 6.07) is 0. The number of rotatable bonds is 3. The maximum atomic E-state index is 11.2. The molecular weight excluding hydrogens is 98.0 g/mol. The molecule has 0 aliphatic heterocycles. The van der Waals surface area contributed by atoms with Gasteiger partial charge in [-0.1, -0.05) is 0 Å². The van der Waals surface area contributed by atoms with Crippen LogP contribution in [0.5, 0.6) is 0 Å². The SMILES string of the molecule is COC[C@H](O)C[18F]. The topological polar surface area (TPSA) is 29.5 Å². The molecule has 0 aliphatic rings. The Hall–Kier alpha value is -0.150. The summed E-state index contributed by atoms with van der Waals surface area (Å²) in [7, 11) is 1.42. The summed E-state index contributed by atoms with van der Waals surface area (Å²) < 4.78 is 15.6. The predicted octanol–water partition coefficient (Wildman–Crippen LogP) is -0.0368. The first kappa shape index (κ1) is 6.85. The van der Waals surface area contributed by atoms with Gasteiger partial charge in [0.2, 0.25) is 0 Å². The van der Waals surface area contributed by atoms with Gasteiger partial charge in [-0.05, 0) is 0 Å². The highest BCUT2D eigenvalue weighted by Crippen LogP contribution is 1.82. The molecule has 3 heteroatoms. The third-order valence-corrected chi connectivity index (χ3v) is 0.537. The molecule has 0 fully saturated rings. The van der Waals surface area contributed by atoms with Crippen LogP contribution < -0.4 is 0 Å². The molecule has 7 heavy (non-hydrogen) atoms. The standard InChI is InChI=1S/C4H9FO2/c1-7-3-4(6)2-5/h4,6H,2-3H2,1H3/t4-/m1/s1/i5-1. The van der Waals surface area contributed by atoms with E-state index in [9.17, 15) is 4.39 Å². The van der Waals surface area contributed by atoms with Crippen LogP contribution in [0.15, 0.2) is 0 Å². The third kappa shape index (κ3) is 3.69. The molecule has 0 bridgehead atoms. The number of methoxy groups -OCH3 is 1. The number of hydrogen-bond acceptors (Lipinski definition) is 2. The zero-order valence-corrected chi connectivity index (χ0v) is 4.22. The Labute approximate surface area is 41.9 Å². The smallest absolute Gasteiger partial charge is 0.118 e. The second kappa shape index (κ2) is 4.02. The monoisotopic (exact) mass is 107 g/mol. The van der Waals surface area contributed by atoms with Crippen molar-refractivity contribution in [3.05, 3.63) is 0 Å². The highest BCUT2D eigenvalue weighted by Gasteiger charge is 1.98. The number of hydrogen-bond donors (Lipinski definition) is 1. The van der Waals surface area contributed by atoms with Crippen LogP contribution in [0.25, 0.3) is 0 Å². The minimum atomic E-state index is -0.940. The Morgan fingerprint density at radius 3 is 2.57 bits per heavy atom. The van der Waals surface area contributed by atoms with Gasteiger partial charge in [-0.2, -0.15) is 0 Å². The van der Waals surface area contributed by atoms with Gasteiger partial charge in [0, 0.05) is 7.11 Å². The summed E-state index contributed by atoms with van der Waals surface area (Å²) in [5, 5.41) is 8.36. The lowest BCUT2D eigenvalue weighted by Crippen LogP contribution is -2.15. The van der Waals surface area contributed by atoms with Gasteiger partial charge in [-0.25, -0.2) is 4.39 Å². The van der Waals surface area contributed by atoms with Crippen molar-refractivity contribution in [3.63, 3.8) is 0 Å². The van der Waals surface area contributed by atoms with E-state index in [0.29, 0.717) is 0 Å². The molecule has 1 atom stereocenters. The lowest BCUT2D eigenvalue weighted by molar-refractivity contribution is 0.0482. The molecular formula is C4H9FO2.